The number of nitrogens with zero attached hydrogens (tertiary/aromatic N) is 2. The van der Waals surface area contributed by atoms with Crippen LogP contribution in [0.2, 0.25) is 0 Å². The maximum Gasteiger partial charge on any atom is 0.264 e. The molecule has 4 rings (SSSR count). The van der Waals surface area contributed by atoms with E-state index in [0.717, 1.165) is 12.0 Å². The van der Waals surface area contributed by atoms with E-state index in [2.05, 4.69) is 29.6 Å². The Morgan fingerprint density at radius 2 is 2.04 bits per heavy atom. The zero-order valence-corrected chi connectivity index (χ0v) is 16.4. The Hall–Kier alpha value is -3.10. The van der Waals surface area contributed by atoms with Crippen molar-refractivity contribution in [2.24, 2.45) is 0 Å². The van der Waals surface area contributed by atoms with Crippen LogP contribution in [0.25, 0.3) is 0 Å². The van der Waals surface area contributed by atoms with Crippen LogP contribution in [-0.4, -0.2) is 23.5 Å². The van der Waals surface area contributed by atoms with Crippen LogP contribution in [0.3, 0.4) is 0 Å². The van der Waals surface area contributed by atoms with Gasteiger partial charge in [-0.1, -0.05) is 36.4 Å². The molecule has 2 unspecified atom stereocenters. The van der Waals surface area contributed by atoms with Gasteiger partial charge in [-0.25, -0.2) is 0 Å². The molecule has 2 heterocycles. The van der Waals surface area contributed by atoms with Crippen LogP contribution < -0.4 is 4.74 Å². The summed E-state index contributed by atoms with van der Waals surface area (Å²) >= 11 is 1.75. The molecule has 0 spiro atoms. The first kappa shape index (κ1) is 18.3. The molecule has 140 valence electrons. The van der Waals surface area contributed by atoms with Crippen LogP contribution >= 0.6 is 11.3 Å². The molecule has 0 bridgehead atoms. The van der Waals surface area contributed by atoms with Crippen molar-refractivity contribution in [1.82, 2.24) is 4.90 Å². The molecule has 0 saturated carbocycles. The Kier molecular flexibility index (Phi) is 5.14. The highest BCUT2D eigenvalue weighted by atomic mass is 32.1. The number of hydrogen-bond donors (Lipinski definition) is 0. The highest BCUT2D eigenvalue weighted by molar-refractivity contribution is 7.10. The molecule has 3 aromatic rings. The van der Waals surface area contributed by atoms with E-state index in [0.29, 0.717) is 17.9 Å². The maximum absolute atomic E-state index is 13.3. The molecule has 1 amide bonds. The lowest BCUT2D eigenvalue weighted by Gasteiger charge is -2.37. The number of carbonyl (C=O) groups excluding carboxylic acids is 1. The van der Waals surface area contributed by atoms with E-state index in [4.69, 9.17) is 10.00 Å². The zero-order valence-electron chi connectivity index (χ0n) is 15.5. The third-order valence-corrected chi connectivity index (χ3v) is 5.98. The Morgan fingerprint density at radius 1 is 1.21 bits per heavy atom. The Morgan fingerprint density at radius 3 is 2.82 bits per heavy atom. The quantitative estimate of drug-likeness (QED) is 0.658. The summed E-state index contributed by atoms with van der Waals surface area (Å²) in [6, 6.07) is 21.2. The predicted octanol–water partition coefficient (Wildman–Crippen LogP) is 4.56. The molecule has 0 radical (unpaired) electrons. The van der Waals surface area contributed by atoms with Gasteiger partial charge in [-0.05, 0) is 54.1 Å². The van der Waals surface area contributed by atoms with Gasteiger partial charge in [0.2, 0.25) is 0 Å². The van der Waals surface area contributed by atoms with Crippen molar-refractivity contribution in [3.8, 4) is 11.8 Å². The highest BCUT2D eigenvalue weighted by Gasteiger charge is 2.35. The van der Waals surface area contributed by atoms with Crippen LogP contribution in [-0.2, 0) is 11.2 Å². The first-order chi connectivity index (χ1) is 13.7. The van der Waals surface area contributed by atoms with Crippen LogP contribution in [0.15, 0.2) is 66.0 Å². The summed E-state index contributed by atoms with van der Waals surface area (Å²) in [4.78, 5) is 16.6. The fraction of sp³-hybridized carbons (Fsp3) is 0.217. The summed E-state index contributed by atoms with van der Waals surface area (Å²) in [5.41, 5.74) is 2.82. The SMILES string of the molecule is CC(Oc1cccc(C#N)c1)C(=O)N1CCc2sccc2C1c1ccccc1. The standard InChI is InChI=1S/C23H20N2O2S/c1-16(27-19-9-5-6-17(14-19)15-24)23(26)25-12-10-21-20(11-13-28-21)22(25)18-7-3-2-4-8-18/h2-9,11,13-14,16,22H,10,12H2,1H3. The molecule has 1 aliphatic heterocycles. The predicted molar refractivity (Wildman–Crippen MR) is 109 cm³/mol. The summed E-state index contributed by atoms with van der Waals surface area (Å²) in [5.74, 6) is 0.484. The van der Waals surface area contributed by atoms with Crippen molar-refractivity contribution in [2.75, 3.05) is 6.54 Å². The Labute approximate surface area is 168 Å². The van der Waals surface area contributed by atoms with E-state index in [-0.39, 0.29) is 11.9 Å². The van der Waals surface area contributed by atoms with Crippen LogP contribution in [0, 0.1) is 11.3 Å². The molecular formula is C23H20N2O2S. The Balaban J connectivity index is 1.61. The van der Waals surface area contributed by atoms with Crippen LogP contribution in [0.1, 0.15) is 34.5 Å². The second-order valence-corrected chi connectivity index (χ2v) is 7.79. The van der Waals surface area contributed by atoms with Gasteiger partial charge in [0.1, 0.15) is 5.75 Å². The van der Waals surface area contributed by atoms with Crippen molar-refractivity contribution in [2.45, 2.75) is 25.5 Å². The van der Waals surface area contributed by atoms with Crippen molar-refractivity contribution in [1.29, 1.82) is 5.26 Å². The largest absolute Gasteiger partial charge is 0.481 e. The summed E-state index contributed by atoms with van der Waals surface area (Å²) in [6.45, 7) is 2.43. The number of carbonyl (C=O) groups is 1. The second kappa shape index (κ2) is 7.87. The van der Waals surface area contributed by atoms with Gasteiger partial charge in [0.05, 0.1) is 17.7 Å². The van der Waals surface area contributed by atoms with E-state index in [1.54, 1.807) is 42.5 Å². The highest BCUT2D eigenvalue weighted by Crippen LogP contribution is 2.38. The normalized spacial score (nSPS) is 16.7. The zero-order chi connectivity index (χ0) is 19.5. The number of nitriles is 1. The average molecular weight is 388 g/mol. The molecule has 4 nitrogen and oxygen atoms in total. The molecular weight excluding hydrogens is 368 g/mol. The fourth-order valence-electron chi connectivity index (χ4n) is 3.68. The fourth-order valence-corrected chi connectivity index (χ4v) is 4.58. The number of benzene rings is 2. The van der Waals surface area contributed by atoms with Gasteiger partial charge in [0, 0.05) is 11.4 Å². The lowest BCUT2D eigenvalue weighted by Crippen LogP contribution is -2.46. The van der Waals surface area contributed by atoms with Gasteiger partial charge in [-0.15, -0.1) is 11.3 Å². The summed E-state index contributed by atoms with van der Waals surface area (Å²) < 4.78 is 5.89. The number of rotatable bonds is 4. The first-order valence-corrected chi connectivity index (χ1v) is 10.1. The molecule has 5 heteroatoms. The molecule has 1 aromatic heterocycles. The molecule has 0 saturated heterocycles. The summed E-state index contributed by atoms with van der Waals surface area (Å²) in [5, 5.41) is 11.2. The lowest BCUT2D eigenvalue weighted by molar-refractivity contribution is -0.140. The lowest BCUT2D eigenvalue weighted by atomic mass is 9.93. The van der Waals surface area contributed by atoms with E-state index in [1.807, 2.05) is 23.1 Å². The topological polar surface area (TPSA) is 53.3 Å². The smallest absolute Gasteiger partial charge is 0.264 e. The summed E-state index contributed by atoms with van der Waals surface area (Å²) in [6.07, 6.45) is 0.221. The van der Waals surface area contributed by atoms with Gasteiger partial charge in [-0.2, -0.15) is 5.26 Å². The molecule has 0 aliphatic carbocycles. The number of thiophene rings is 1. The van der Waals surface area contributed by atoms with Gasteiger partial charge in [-0.3, -0.25) is 4.79 Å². The van der Waals surface area contributed by atoms with Gasteiger partial charge in [0.25, 0.3) is 5.91 Å². The minimum atomic E-state index is -0.639. The van der Waals surface area contributed by atoms with E-state index in [9.17, 15) is 4.79 Å². The molecule has 0 fully saturated rings. The van der Waals surface area contributed by atoms with Crippen LogP contribution in [0.5, 0.6) is 5.75 Å². The number of hydrogen-bond acceptors (Lipinski definition) is 4. The number of amides is 1. The first-order valence-electron chi connectivity index (χ1n) is 9.26. The molecule has 0 N–H and O–H groups in total. The van der Waals surface area contributed by atoms with Crippen molar-refractivity contribution >= 4 is 17.2 Å². The molecule has 28 heavy (non-hydrogen) atoms. The number of ether oxygens (including phenoxy) is 1. The van der Waals surface area contributed by atoms with Crippen molar-refractivity contribution < 1.29 is 9.53 Å². The molecule has 1 aliphatic rings. The molecule has 2 atom stereocenters. The van der Waals surface area contributed by atoms with Gasteiger partial charge >= 0.3 is 0 Å². The van der Waals surface area contributed by atoms with Crippen molar-refractivity contribution in [3.63, 3.8) is 0 Å². The Bertz CT molecular complexity index is 1020. The van der Waals surface area contributed by atoms with Crippen molar-refractivity contribution in [3.05, 3.63) is 87.6 Å². The van der Waals surface area contributed by atoms with Gasteiger partial charge in [0.15, 0.2) is 6.10 Å². The third kappa shape index (κ3) is 3.51. The molecule has 2 aromatic carbocycles. The number of fused-ring (bicyclic) bond motifs is 1. The second-order valence-electron chi connectivity index (χ2n) is 6.79. The van der Waals surface area contributed by atoms with E-state index >= 15 is 0 Å². The minimum absolute atomic E-state index is 0.0481. The van der Waals surface area contributed by atoms with E-state index in [1.165, 1.54) is 10.4 Å². The van der Waals surface area contributed by atoms with Crippen LogP contribution in [0.4, 0.5) is 0 Å². The third-order valence-electron chi connectivity index (χ3n) is 4.99. The van der Waals surface area contributed by atoms with Gasteiger partial charge < -0.3 is 9.64 Å². The average Bonchev–Trinajstić information content (AvgIpc) is 3.22. The monoisotopic (exact) mass is 388 g/mol. The maximum atomic E-state index is 13.3. The summed E-state index contributed by atoms with van der Waals surface area (Å²) in [7, 11) is 0. The van der Waals surface area contributed by atoms with E-state index < -0.39 is 6.10 Å². The minimum Gasteiger partial charge on any atom is -0.481 e.